The highest BCUT2D eigenvalue weighted by Gasteiger charge is 2.24. The number of carbonyl (C=O) groups is 1. The van der Waals surface area contributed by atoms with E-state index in [0.717, 1.165) is 25.1 Å². The molecule has 3 rings (SSSR count). The Labute approximate surface area is 160 Å². The maximum atomic E-state index is 12.8. The number of halogens is 1. The Morgan fingerprint density at radius 3 is 2.85 bits per heavy atom. The largest absolute Gasteiger partial charge is 0.354 e. The summed E-state index contributed by atoms with van der Waals surface area (Å²) in [6.07, 6.45) is 4.04. The number of hydrogen-bond acceptors (Lipinski definition) is 5. The molecule has 2 heterocycles. The first-order chi connectivity index (χ1) is 12.2. The molecule has 2 unspecified atom stereocenters. The van der Waals surface area contributed by atoms with E-state index >= 15 is 0 Å². The van der Waals surface area contributed by atoms with Crippen molar-refractivity contribution in [3.63, 3.8) is 0 Å². The fraction of sp³-hybridized carbons (Fsp3) is 0.556. The quantitative estimate of drug-likeness (QED) is 0.765. The van der Waals surface area contributed by atoms with Crippen LogP contribution in [0.1, 0.15) is 36.7 Å². The summed E-state index contributed by atoms with van der Waals surface area (Å²) in [6, 6.07) is 9.54. The van der Waals surface area contributed by atoms with Crippen LogP contribution in [0.15, 0.2) is 30.3 Å². The topological polar surface area (TPSA) is 84.7 Å². The summed E-state index contributed by atoms with van der Waals surface area (Å²) < 4.78 is 1.62. The van der Waals surface area contributed by atoms with E-state index in [1.54, 1.807) is 4.68 Å². The van der Waals surface area contributed by atoms with E-state index in [4.69, 9.17) is 0 Å². The van der Waals surface area contributed by atoms with Crippen LogP contribution < -0.4 is 10.6 Å². The van der Waals surface area contributed by atoms with Gasteiger partial charge in [-0.25, -0.2) is 4.68 Å². The Balaban J connectivity index is 0.00000243. The second-order valence-corrected chi connectivity index (χ2v) is 6.67. The van der Waals surface area contributed by atoms with E-state index in [0.29, 0.717) is 24.7 Å². The molecule has 1 amide bonds. The summed E-state index contributed by atoms with van der Waals surface area (Å²) in [5.74, 6) is 1.27. The smallest absolute Gasteiger partial charge is 0.245 e. The molecule has 2 atom stereocenters. The van der Waals surface area contributed by atoms with Crippen LogP contribution in [0, 0.1) is 12.8 Å². The van der Waals surface area contributed by atoms with E-state index in [9.17, 15) is 4.79 Å². The summed E-state index contributed by atoms with van der Waals surface area (Å²) in [5, 5.41) is 18.1. The third-order valence-electron chi connectivity index (χ3n) is 4.78. The lowest BCUT2D eigenvalue weighted by Gasteiger charge is -2.23. The first-order valence-electron chi connectivity index (χ1n) is 9.01. The molecular formula is C18H27ClN6O. The van der Waals surface area contributed by atoms with E-state index in [2.05, 4.69) is 26.2 Å². The zero-order chi connectivity index (χ0) is 17.5. The monoisotopic (exact) mass is 378 g/mol. The first kappa shape index (κ1) is 20.3. The van der Waals surface area contributed by atoms with Gasteiger partial charge in [-0.3, -0.25) is 4.79 Å². The molecule has 1 fully saturated rings. The molecule has 2 N–H and O–H groups in total. The average molecular weight is 379 g/mol. The van der Waals surface area contributed by atoms with Gasteiger partial charge in [0.05, 0.1) is 0 Å². The number of tetrazole rings is 1. The van der Waals surface area contributed by atoms with Crippen molar-refractivity contribution in [2.24, 2.45) is 5.92 Å². The Hall–Kier alpha value is -1.99. The predicted molar refractivity (Wildman–Crippen MR) is 102 cm³/mol. The van der Waals surface area contributed by atoms with E-state index in [1.165, 1.54) is 12.8 Å². The van der Waals surface area contributed by atoms with Crippen LogP contribution >= 0.6 is 12.4 Å². The number of aromatic nitrogens is 4. The zero-order valence-electron chi connectivity index (χ0n) is 15.1. The predicted octanol–water partition coefficient (Wildman–Crippen LogP) is 1.69. The average Bonchev–Trinajstić information content (AvgIpc) is 3.07. The number of carbonyl (C=O) groups excluding carboxylic acids is 1. The lowest BCUT2D eigenvalue weighted by atomic mass is 9.96. The summed E-state index contributed by atoms with van der Waals surface area (Å²) in [5.41, 5.74) is 1.09. The highest BCUT2D eigenvalue weighted by Crippen LogP contribution is 2.16. The number of hydrogen-bond donors (Lipinski definition) is 2. The molecule has 0 radical (unpaired) electrons. The molecule has 1 aromatic carbocycles. The molecule has 1 aliphatic rings. The Morgan fingerprint density at radius 1 is 1.38 bits per heavy atom. The molecule has 26 heavy (non-hydrogen) atoms. The van der Waals surface area contributed by atoms with Gasteiger partial charge in [-0.2, -0.15) is 0 Å². The van der Waals surface area contributed by atoms with Gasteiger partial charge in [0.15, 0.2) is 0 Å². The summed E-state index contributed by atoms with van der Waals surface area (Å²) in [6.45, 7) is 4.67. The second-order valence-electron chi connectivity index (χ2n) is 6.67. The van der Waals surface area contributed by atoms with Crippen molar-refractivity contribution < 1.29 is 4.79 Å². The molecule has 2 aromatic rings. The van der Waals surface area contributed by atoms with Crippen molar-refractivity contribution in [3.05, 3.63) is 41.7 Å². The standard InChI is InChI=1S/C18H26N6O.ClH/c1-14-21-22-23-24(14)17(12-15-6-3-2-4-7-15)18(25)20-11-9-16-8-5-10-19-13-16;/h2-4,6-7,16-17,19H,5,8-13H2,1H3,(H,20,25);1H. The minimum Gasteiger partial charge on any atom is -0.354 e. The zero-order valence-corrected chi connectivity index (χ0v) is 15.9. The molecular weight excluding hydrogens is 352 g/mol. The van der Waals surface area contributed by atoms with Crippen molar-refractivity contribution in [2.75, 3.05) is 19.6 Å². The molecule has 142 valence electrons. The lowest BCUT2D eigenvalue weighted by molar-refractivity contribution is -0.124. The number of benzene rings is 1. The maximum Gasteiger partial charge on any atom is 0.245 e. The maximum absolute atomic E-state index is 12.8. The van der Waals surface area contributed by atoms with Crippen LogP contribution in [0.4, 0.5) is 0 Å². The second kappa shape index (κ2) is 10.2. The minimum atomic E-state index is -0.429. The lowest BCUT2D eigenvalue weighted by Crippen LogP contribution is -2.37. The fourth-order valence-electron chi connectivity index (χ4n) is 3.34. The summed E-state index contributed by atoms with van der Waals surface area (Å²) >= 11 is 0. The van der Waals surface area contributed by atoms with Gasteiger partial charge in [0, 0.05) is 13.0 Å². The van der Waals surface area contributed by atoms with Crippen molar-refractivity contribution in [1.29, 1.82) is 0 Å². The van der Waals surface area contributed by atoms with Gasteiger partial charge >= 0.3 is 0 Å². The van der Waals surface area contributed by atoms with Gasteiger partial charge in [-0.15, -0.1) is 17.5 Å². The number of rotatable bonds is 7. The number of nitrogens with zero attached hydrogens (tertiary/aromatic N) is 4. The van der Waals surface area contributed by atoms with E-state index < -0.39 is 6.04 Å². The van der Waals surface area contributed by atoms with Crippen LogP contribution in [0.3, 0.4) is 0 Å². The van der Waals surface area contributed by atoms with Gasteiger partial charge in [0.25, 0.3) is 0 Å². The molecule has 0 spiro atoms. The van der Waals surface area contributed by atoms with Gasteiger partial charge < -0.3 is 10.6 Å². The summed E-state index contributed by atoms with van der Waals surface area (Å²) in [4.78, 5) is 12.8. The van der Waals surface area contributed by atoms with Crippen molar-refractivity contribution in [3.8, 4) is 0 Å². The van der Waals surface area contributed by atoms with Gasteiger partial charge in [-0.05, 0) is 61.2 Å². The Morgan fingerprint density at radius 2 is 2.19 bits per heavy atom. The van der Waals surface area contributed by atoms with E-state index in [-0.39, 0.29) is 18.3 Å². The van der Waals surface area contributed by atoms with Gasteiger partial charge in [0.2, 0.25) is 5.91 Å². The third kappa shape index (κ3) is 5.51. The SMILES string of the molecule is Cc1nnnn1C(Cc1ccccc1)C(=O)NCCC1CCCNC1.Cl. The van der Waals surface area contributed by atoms with Crippen LogP contribution in [0.25, 0.3) is 0 Å². The molecule has 0 saturated carbocycles. The normalized spacial score (nSPS) is 18.0. The highest BCUT2D eigenvalue weighted by atomic mass is 35.5. The number of nitrogens with one attached hydrogen (secondary N) is 2. The van der Waals surface area contributed by atoms with Crippen LogP contribution in [-0.4, -0.2) is 45.7 Å². The Bertz CT molecular complexity index is 671. The van der Waals surface area contributed by atoms with Gasteiger partial charge in [-0.1, -0.05) is 30.3 Å². The van der Waals surface area contributed by atoms with Crippen molar-refractivity contribution in [2.45, 2.75) is 38.6 Å². The number of aryl methyl sites for hydroxylation is 1. The number of amides is 1. The highest BCUT2D eigenvalue weighted by molar-refractivity contribution is 5.85. The Kier molecular flexibility index (Phi) is 8.00. The minimum absolute atomic E-state index is 0. The molecule has 7 nitrogen and oxygen atoms in total. The third-order valence-corrected chi connectivity index (χ3v) is 4.78. The van der Waals surface area contributed by atoms with Crippen molar-refractivity contribution in [1.82, 2.24) is 30.8 Å². The molecule has 0 bridgehead atoms. The van der Waals surface area contributed by atoms with Gasteiger partial charge in [0.1, 0.15) is 11.9 Å². The molecule has 0 aliphatic carbocycles. The molecule has 8 heteroatoms. The molecule has 1 aliphatic heterocycles. The number of piperidine rings is 1. The molecule has 1 aromatic heterocycles. The molecule has 1 saturated heterocycles. The van der Waals surface area contributed by atoms with E-state index in [1.807, 2.05) is 37.3 Å². The first-order valence-corrected chi connectivity index (χ1v) is 9.01. The van der Waals surface area contributed by atoms with Crippen LogP contribution in [0.5, 0.6) is 0 Å². The van der Waals surface area contributed by atoms with Crippen LogP contribution in [0.2, 0.25) is 0 Å². The fourth-order valence-corrected chi connectivity index (χ4v) is 3.34. The van der Waals surface area contributed by atoms with Crippen LogP contribution in [-0.2, 0) is 11.2 Å². The summed E-state index contributed by atoms with van der Waals surface area (Å²) in [7, 11) is 0. The van der Waals surface area contributed by atoms with Crippen molar-refractivity contribution >= 4 is 18.3 Å².